The number of benzene rings is 1. The van der Waals surface area contributed by atoms with Crippen LogP contribution in [0.15, 0.2) is 35.9 Å². The van der Waals surface area contributed by atoms with Crippen LogP contribution in [0.25, 0.3) is 10.9 Å². The summed E-state index contributed by atoms with van der Waals surface area (Å²) in [5.41, 5.74) is 4.68. The van der Waals surface area contributed by atoms with Crippen LogP contribution in [0.4, 0.5) is 0 Å². The Labute approximate surface area is 184 Å². The second-order valence-electron chi connectivity index (χ2n) is 11.6. The second kappa shape index (κ2) is 6.24. The van der Waals surface area contributed by atoms with Crippen molar-refractivity contribution in [1.29, 1.82) is 0 Å². The molecule has 2 saturated carbocycles. The molecular weight excluding hydrogens is 386 g/mol. The normalized spacial score (nSPS) is 41.9. The van der Waals surface area contributed by atoms with Gasteiger partial charge in [0.05, 0.1) is 11.7 Å². The number of aromatic nitrogens is 1. The Bertz CT molecular complexity index is 1080. The molecule has 4 aliphatic rings. The highest BCUT2D eigenvalue weighted by atomic mass is 16.5. The molecule has 2 heterocycles. The minimum atomic E-state index is -1.06. The minimum absolute atomic E-state index is 0.0154. The third-order valence-electron chi connectivity index (χ3n) is 9.74. The molecule has 0 amide bonds. The van der Waals surface area contributed by atoms with E-state index in [1.54, 1.807) is 13.8 Å². The molecule has 0 radical (unpaired) electrons. The standard InChI is InChI=1S/C27H35NO3/c1-25(2,30)24-21(29)14-18-19-10-9-15-13-17-16-7-5-6-8-20(16)28-23(17)27(15,4)26(19,3)12-11-22(18)31-24/h5-8,14-15,19,21-22,24,28-30H,9-13H2,1-4H3/t15?,19?,21-,22?,24?,26-,27+/m0/s1. The molecule has 2 fully saturated rings. The van der Waals surface area contributed by atoms with Gasteiger partial charge in [-0.3, -0.25) is 0 Å². The number of H-pyrrole nitrogens is 1. The Hall–Kier alpha value is -1.62. The predicted molar refractivity (Wildman–Crippen MR) is 122 cm³/mol. The van der Waals surface area contributed by atoms with E-state index in [1.807, 2.05) is 6.08 Å². The molecular formula is C27H35NO3. The van der Waals surface area contributed by atoms with Crippen molar-refractivity contribution in [2.75, 3.05) is 0 Å². The molecule has 2 aromatic rings. The molecule has 4 nitrogen and oxygen atoms in total. The number of hydrogen-bond donors (Lipinski definition) is 3. The van der Waals surface area contributed by atoms with Gasteiger partial charge in [-0.05, 0) is 80.4 Å². The van der Waals surface area contributed by atoms with Gasteiger partial charge in [0.1, 0.15) is 12.2 Å². The quantitative estimate of drug-likeness (QED) is 0.588. The van der Waals surface area contributed by atoms with Crippen LogP contribution in [0.1, 0.15) is 64.6 Å². The van der Waals surface area contributed by atoms with Crippen molar-refractivity contribution in [1.82, 2.24) is 4.98 Å². The first kappa shape index (κ1) is 20.0. The molecule has 0 saturated heterocycles. The molecule has 166 valence electrons. The molecule has 4 unspecified atom stereocenters. The first-order chi connectivity index (χ1) is 14.6. The number of nitrogens with one attached hydrogen (secondary N) is 1. The Kier molecular flexibility index (Phi) is 4.03. The minimum Gasteiger partial charge on any atom is -0.388 e. The summed E-state index contributed by atoms with van der Waals surface area (Å²) >= 11 is 0. The number of para-hydroxylation sites is 1. The zero-order chi connectivity index (χ0) is 21.8. The summed E-state index contributed by atoms with van der Waals surface area (Å²) in [5.74, 6) is 1.07. The van der Waals surface area contributed by atoms with Crippen molar-refractivity contribution < 1.29 is 14.9 Å². The highest BCUT2D eigenvalue weighted by Gasteiger charge is 2.64. The van der Waals surface area contributed by atoms with Gasteiger partial charge >= 0.3 is 0 Å². The lowest BCUT2D eigenvalue weighted by Gasteiger charge is -2.61. The van der Waals surface area contributed by atoms with Crippen LogP contribution < -0.4 is 0 Å². The van der Waals surface area contributed by atoms with Crippen LogP contribution in [0, 0.1) is 17.3 Å². The van der Waals surface area contributed by atoms with Gasteiger partial charge < -0.3 is 19.9 Å². The first-order valence-corrected chi connectivity index (χ1v) is 12.0. The average molecular weight is 422 g/mol. The highest BCUT2D eigenvalue weighted by molar-refractivity contribution is 5.86. The van der Waals surface area contributed by atoms with Gasteiger partial charge in [-0.1, -0.05) is 38.1 Å². The van der Waals surface area contributed by atoms with Crippen molar-refractivity contribution >= 4 is 10.9 Å². The summed E-state index contributed by atoms with van der Waals surface area (Å²) in [4.78, 5) is 3.85. The predicted octanol–water partition coefficient (Wildman–Crippen LogP) is 4.63. The van der Waals surface area contributed by atoms with E-state index in [0.717, 1.165) is 19.3 Å². The van der Waals surface area contributed by atoms with E-state index in [9.17, 15) is 10.2 Å². The maximum Gasteiger partial charge on any atom is 0.116 e. The molecule has 1 aromatic carbocycles. The highest BCUT2D eigenvalue weighted by Crippen LogP contribution is 2.67. The number of ether oxygens (including phenoxy) is 1. The molecule has 0 spiro atoms. The molecule has 7 atom stereocenters. The fourth-order valence-electron chi connectivity index (χ4n) is 7.99. The average Bonchev–Trinajstić information content (AvgIpc) is 3.22. The van der Waals surface area contributed by atoms with Crippen molar-refractivity contribution in [2.24, 2.45) is 17.3 Å². The Morgan fingerprint density at radius 3 is 2.68 bits per heavy atom. The second-order valence-corrected chi connectivity index (χ2v) is 11.6. The molecule has 1 aliphatic heterocycles. The van der Waals surface area contributed by atoms with E-state index in [-0.39, 0.29) is 16.9 Å². The summed E-state index contributed by atoms with van der Waals surface area (Å²) in [6.45, 7) is 8.46. The Morgan fingerprint density at radius 2 is 1.90 bits per heavy atom. The zero-order valence-corrected chi connectivity index (χ0v) is 19.1. The number of hydrogen-bond acceptors (Lipinski definition) is 3. The van der Waals surface area contributed by atoms with Crippen molar-refractivity contribution in [3.05, 3.63) is 47.2 Å². The largest absolute Gasteiger partial charge is 0.388 e. The van der Waals surface area contributed by atoms with Gasteiger partial charge in [-0.2, -0.15) is 0 Å². The summed E-state index contributed by atoms with van der Waals surface area (Å²) in [7, 11) is 0. The number of rotatable bonds is 1. The third-order valence-corrected chi connectivity index (χ3v) is 9.74. The molecule has 31 heavy (non-hydrogen) atoms. The summed E-state index contributed by atoms with van der Waals surface area (Å²) in [5, 5.41) is 22.8. The van der Waals surface area contributed by atoms with E-state index in [0.29, 0.717) is 11.8 Å². The number of aromatic amines is 1. The lowest BCUT2D eigenvalue weighted by atomic mass is 9.44. The van der Waals surface area contributed by atoms with Crippen LogP contribution in [-0.2, 0) is 16.6 Å². The van der Waals surface area contributed by atoms with Crippen LogP contribution in [-0.4, -0.2) is 39.1 Å². The van der Waals surface area contributed by atoms with Gasteiger partial charge in [-0.25, -0.2) is 0 Å². The topological polar surface area (TPSA) is 65.5 Å². The molecule has 3 aliphatic carbocycles. The number of fused-ring (bicyclic) bond motifs is 9. The number of aliphatic hydroxyl groups is 2. The van der Waals surface area contributed by atoms with Crippen LogP contribution >= 0.6 is 0 Å². The maximum atomic E-state index is 10.9. The molecule has 4 heteroatoms. The SMILES string of the molecule is CC(C)(O)C1OC2CC[C@@]3(C)C(CCC4Cc5c([nH]c6ccccc56)[C@@]43C)C2=C[C@@H]1O. The van der Waals surface area contributed by atoms with E-state index < -0.39 is 17.8 Å². The van der Waals surface area contributed by atoms with Gasteiger partial charge in [0.15, 0.2) is 0 Å². The number of aliphatic hydroxyl groups excluding tert-OH is 1. The van der Waals surface area contributed by atoms with Gasteiger partial charge in [0.25, 0.3) is 0 Å². The van der Waals surface area contributed by atoms with Crippen LogP contribution in [0.2, 0.25) is 0 Å². The molecule has 6 rings (SSSR count). The lowest BCUT2D eigenvalue weighted by molar-refractivity contribution is -0.171. The van der Waals surface area contributed by atoms with E-state index in [1.165, 1.54) is 40.6 Å². The smallest absolute Gasteiger partial charge is 0.116 e. The van der Waals surface area contributed by atoms with Gasteiger partial charge in [0.2, 0.25) is 0 Å². The summed E-state index contributed by atoms with van der Waals surface area (Å²) < 4.78 is 6.35. The lowest BCUT2D eigenvalue weighted by Crippen LogP contribution is -2.59. The van der Waals surface area contributed by atoms with Crippen LogP contribution in [0.3, 0.4) is 0 Å². The van der Waals surface area contributed by atoms with Crippen molar-refractivity contribution in [2.45, 2.75) is 89.1 Å². The fraction of sp³-hybridized carbons (Fsp3) is 0.630. The molecule has 0 bridgehead atoms. The van der Waals surface area contributed by atoms with Crippen molar-refractivity contribution in [3.8, 4) is 0 Å². The first-order valence-electron chi connectivity index (χ1n) is 12.0. The Balaban J connectivity index is 1.45. The zero-order valence-electron chi connectivity index (χ0n) is 19.1. The summed E-state index contributed by atoms with van der Waals surface area (Å²) in [6, 6.07) is 8.75. The molecule has 1 aromatic heterocycles. The Morgan fingerprint density at radius 1 is 1.13 bits per heavy atom. The monoisotopic (exact) mass is 421 g/mol. The van der Waals surface area contributed by atoms with Gasteiger partial charge in [-0.15, -0.1) is 0 Å². The van der Waals surface area contributed by atoms with Crippen LogP contribution in [0.5, 0.6) is 0 Å². The molecule has 3 N–H and O–H groups in total. The fourth-order valence-corrected chi connectivity index (χ4v) is 7.99. The van der Waals surface area contributed by atoms with Gasteiger partial charge in [0, 0.05) is 22.0 Å². The summed E-state index contributed by atoms with van der Waals surface area (Å²) in [6.07, 6.45) is 6.33. The third kappa shape index (κ3) is 2.47. The maximum absolute atomic E-state index is 10.9. The van der Waals surface area contributed by atoms with E-state index >= 15 is 0 Å². The van der Waals surface area contributed by atoms with Crippen molar-refractivity contribution in [3.63, 3.8) is 0 Å². The van der Waals surface area contributed by atoms with E-state index in [2.05, 4.69) is 43.1 Å². The van der Waals surface area contributed by atoms with E-state index in [4.69, 9.17) is 4.74 Å².